The maximum Gasteiger partial charge on any atom is 0.162 e. The van der Waals surface area contributed by atoms with Gasteiger partial charge in [0.15, 0.2) is 5.78 Å². The van der Waals surface area contributed by atoms with E-state index in [1.807, 2.05) is 17.5 Å². The smallest absolute Gasteiger partial charge is 0.162 e. The van der Waals surface area contributed by atoms with Crippen LogP contribution < -0.4 is 0 Å². The van der Waals surface area contributed by atoms with E-state index < -0.39 is 0 Å². The third-order valence-corrected chi connectivity index (χ3v) is 12.1. The van der Waals surface area contributed by atoms with Crippen LogP contribution in [0.15, 0.2) is 109 Å². The number of aliphatic hydroxyl groups excluding tert-OH is 1. The summed E-state index contributed by atoms with van der Waals surface area (Å²) < 4.78 is 1.23. The Morgan fingerprint density at radius 1 is 0.714 bits per heavy atom. The molecule has 56 heavy (non-hydrogen) atoms. The summed E-state index contributed by atoms with van der Waals surface area (Å²) in [6.07, 6.45) is 3.43. The Morgan fingerprint density at radius 3 is 1.82 bits per heavy atom. The molecule has 0 unspecified atom stereocenters. The van der Waals surface area contributed by atoms with Crippen molar-refractivity contribution in [1.29, 1.82) is 0 Å². The molecule has 0 aliphatic carbocycles. The maximum absolute atomic E-state index is 12.3. The number of benzene rings is 4. The van der Waals surface area contributed by atoms with Crippen LogP contribution in [0.4, 0.5) is 0 Å². The number of fused-ring (bicyclic) bond motifs is 2. The van der Waals surface area contributed by atoms with Crippen LogP contribution in [0.2, 0.25) is 0 Å². The molecule has 0 aliphatic heterocycles. The summed E-state index contributed by atoms with van der Waals surface area (Å²) in [5.74, 6) is 1.63. The van der Waals surface area contributed by atoms with E-state index in [1.165, 1.54) is 54.2 Å². The van der Waals surface area contributed by atoms with Gasteiger partial charge >= 0.3 is 0 Å². The normalized spacial score (nSPS) is 12.3. The van der Waals surface area contributed by atoms with E-state index in [4.69, 9.17) is 4.98 Å². The molecule has 2 heterocycles. The predicted octanol–water partition coefficient (Wildman–Crippen LogP) is 14.7. The Morgan fingerprint density at radius 2 is 1.25 bits per heavy atom. The number of carbonyl (C=O) groups is 1. The summed E-state index contributed by atoms with van der Waals surface area (Å²) in [6.45, 7) is 25.7. The second-order valence-corrected chi connectivity index (χ2v) is 18.4. The number of aliphatic hydroxyl groups is 1. The second kappa shape index (κ2) is 19.0. The number of carbonyl (C=O) groups excluding carboxylic acids is 1. The van der Waals surface area contributed by atoms with E-state index in [9.17, 15) is 9.90 Å². The number of allylic oxidation sites excluding steroid dienone is 2. The fourth-order valence-electron chi connectivity index (χ4n) is 8.26. The van der Waals surface area contributed by atoms with Gasteiger partial charge in [-0.15, -0.1) is 40.5 Å². The molecule has 1 radical (unpaired) electrons. The van der Waals surface area contributed by atoms with Gasteiger partial charge in [0, 0.05) is 59.5 Å². The quantitative estimate of drug-likeness (QED) is 0.0846. The van der Waals surface area contributed by atoms with Gasteiger partial charge in [-0.1, -0.05) is 160 Å². The molecule has 6 rings (SSSR count). The van der Waals surface area contributed by atoms with Gasteiger partial charge in [0.25, 0.3) is 0 Å². The van der Waals surface area contributed by atoms with E-state index in [2.05, 4.69) is 180 Å². The van der Waals surface area contributed by atoms with Gasteiger partial charge in [-0.05, 0) is 69.7 Å². The van der Waals surface area contributed by atoms with Crippen molar-refractivity contribution in [2.24, 2.45) is 35.5 Å². The fourth-order valence-corrected chi connectivity index (χ4v) is 9.57. The molecule has 4 aromatic carbocycles. The van der Waals surface area contributed by atoms with Crippen molar-refractivity contribution >= 4 is 38.0 Å². The molecule has 3 nitrogen and oxygen atoms in total. The number of aromatic nitrogens is 1. The van der Waals surface area contributed by atoms with Crippen molar-refractivity contribution in [3.63, 3.8) is 0 Å². The molecule has 0 aliphatic rings. The largest absolute Gasteiger partial charge is 0.512 e. The number of thiophene rings is 1. The third kappa shape index (κ3) is 10.2. The monoisotopic (exact) mass is 943 g/mol. The fraction of sp³-hybridized carbons (Fsp3) is 0.373. The van der Waals surface area contributed by atoms with E-state index >= 15 is 0 Å². The minimum atomic E-state index is -0.0119. The van der Waals surface area contributed by atoms with E-state index in [1.54, 1.807) is 0 Å². The predicted molar refractivity (Wildman–Crippen MR) is 238 cm³/mol. The van der Waals surface area contributed by atoms with Crippen LogP contribution in [-0.2, 0) is 30.3 Å². The Kier molecular flexibility index (Phi) is 15.2. The molecule has 6 aromatic rings. The molecule has 0 spiro atoms. The van der Waals surface area contributed by atoms with Crippen LogP contribution >= 0.6 is 11.3 Å². The Labute approximate surface area is 354 Å². The first kappa shape index (κ1) is 44.8. The number of aryl methyl sites for hydroxylation is 1. The second-order valence-electron chi connectivity index (χ2n) is 17.4. The first-order chi connectivity index (χ1) is 26.0. The maximum atomic E-state index is 12.3. The van der Waals surface area contributed by atoms with Gasteiger partial charge in [0.2, 0.25) is 0 Å². The average molecular weight is 943 g/mol. The third-order valence-electron chi connectivity index (χ3n) is 10.8. The minimum Gasteiger partial charge on any atom is -0.512 e. The first-order valence-corrected chi connectivity index (χ1v) is 20.7. The summed E-state index contributed by atoms with van der Waals surface area (Å²) in [5, 5.41) is 14.0. The molecule has 1 N–H and O–H groups in total. The number of hydrogen-bond donors (Lipinski definition) is 1. The van der Waals surface area contributed by atoms with Crippen molar-refractivity contribution in [3.05, 3.63) is 126 Å². The van der Waals surface area contributed by atoms with E-state index in [0.717, 1.165) is 16.6 Å². The number of hydrogen-bond acceptors (Lipinski definition) is 4. The number of pyridine rings is 1. The Hall–Kier alpha value is -3.89. The van der Waals surface area contributed by atoms with Gasteiger partial charge in [-0.2, -0.15) is 0 Å². The van der Waals surface area contributed by atoms with Crippen LogP contribution in [0.3, 0.4) is 0 Å². The molecule has 297 valence electrons. The van der Waals surface area contributed by atoms with Crippen molar-refractivity contribution in [1.82, 2.24) is 4.98 Å². The summed E-state index contributed by atoms with van der Waals surface area (Å²) >= 11 is 1.84. The summed E-state index contributed by atoms with van der Waals surface area (Å²) in [6, 6.07) is 36.2. The molecule has 0 amide bonds. The Bertz CT molecular complexity index is 2240. The van der Waals surface area contributed by atoms with Gasteiger partial charge in [0.05, 0.1) is 5.76 Å². The molecule has 2 aromatic heterocycles. The number of nitrogens with zero attached hydrogens (tertiary/aromatic N) is 1. The molecule has 0 fully saturated rings. The first-order valence-electron chi connectivity index (χ1n) is 19.9. The number of rotatable bonds is 10. The van der Waals surface area contributed by atoms with Crippen molar-refractivity contribution in [2.75, 3.05) is 0 Å². The summed E-state index contributed by atoms with van der Waals surface area (Å²) in [4.78, 5) is 18.5. The van der Waals surface area contributed by atoms with E-state index in [0.29, 0.717) is 23.7 Å². The zero-order chi connectivity index (χ0) is 40.2. The van der Waals surface area contributed by atoms with Crippen LogP contribution in [0.25, 0.3) is 53.7 Å². The van der Waals surface area contributed by atoms with Gasteiger partial charge < -0.3 is 5.11 Å². The van der Waals surface area contributed by atoms with Crippen LogP contribution in [0.5, 0.6) is 0 Å². The SMILES string of the molecule is CC(C)C(C(=O)/C=C(\O)C(C(C)C)C(C)C)C(C)C.Cc1c(-c2ccc(-c3ccccc3)cc2)sc2c(-c3[c-]c4ccccc4c(C(C)(C)C)c3)nccc12.[Ir]. The van der Waals surface area contributed by atoms with Crippen LogP contribution in [0, 0.1) is 48.5 Å². The van der Waals surface area contributed by atoms with Crippen LogP contribution in [0.1, 0.15) is 87.3 Å². The summed E-state index contributed by atoms with van der Waals surface area (Å²) in [5.41, 5.74) is 8.47. The van der Waals surface area contributed by atoms with Crippen molar-refractivity contribution < 1.29 is 30.0 Å². The zero-order valence-electron chi connectivity index (χ0n) is 35.3. The van der Waals surface area contributed by atoms with Gasteiger partial charge in [0.1, 0.15) is 0 Å². The van der Waals surface area contributed by atoms with Gasteiger partial charge in [-0.3, -0.25) is 9.78 Å². The standard InChI is InChI=1S/C34H28NS.C17H32O2.Ir/c1-22-28-18-19-35-31(27-20-26-12-8-9-13-29(26)30(21-27)34(2,3)4)33(28)36-32(22)25-16-14-24(15-17-25)23-10-6-5-7-11-23;1-10(2)16(11(3)4)14(18)9-15(19)17(12(5)6)13(7)8;/h5-19,21H,1-4H3;9-13,16-18H,1-8H3;/q-1;;/b;14-9-;. The van der Waals surface area contributed by atoms with Crippen LogP contribution in [-0.4, -0.2) is 15.9 Å². The molecule has 0 saturated carbocycles. The molecule has 0 atom stereocenters. The molecule has 5 heteroatoms. The van der Waals surface area contributed by atoms with Crippen molar-refractivity contribution in [2.45, 2.75) is 88.5 Å². The number of ketones is 1. The minimum absolute atomic E-state index is 0. The molecular weight excluding hydrogens is 883 g/mol. The zero-order valence-corrected chi connectivity index (χ0v) is 38.5. The molecule has 0 bridgehead atoms. The topological polar surface area (TPSA) is 50.2 Å². The Balaban J connectivity index is 0.000000299. The van der Waals surface area contributed by atoms with Crippen molar-refractivity contribution in [3.8, 4) is 32.8 Å². The molecule has 0 saturated heterocycles. The van der Waals surface area contributed by atoms with Gasteiger partial charge in [-0.25, -0.2) is 0 Å². The van der Waals surface area contributed by atoms with E-state index in [-0.39, 0.29) is 48.9 Å². The summed E-state index contributed by atoms with van der Waals surface area (Å²) in [7, 11) is 0. The molecular formula is C51H60IrNO2S-. The average Bonchev–Trinajstić information content (AvgIpc) is 3.47.